The van der Waals surface area contributed by atoms with Crippen LogP contribution in [0.15, 0.2) is 22.8 Å². The van der Waals surface area contributed by atoms with Gasteiger partial charge in [0.15, 0.2) is 5.76 Å². The summed E-state index contributed by atoms with van der Waals surface area (Å²) in [6.07, 6.45) is 3.39. The highest BCUT2D eigenvalue weighted by atomic mass is 16.3. The van der Waals surface area contributed by atoms with E-state index in [1.807, 2.05) is 0 Å². The van der Waals surface area contributed by atoms with Gasteiger partial charge in [0, 0.05) is 12.5 Å². The molecule has 0 aliphatic carbocycles. The van der Waals surface area contributed by atoms with Crippen molar-refractivity contribution in [2.24, 2.45) is 0 Å². The van der Waals surface area contributed by atoms with Crippen molar-refractivity contribution < 1.29 is 14.3 Å². The summed E-state index contributed by atoms with van der Waals surface area (Å²) in [6, 6.07) is 1.72. The topological polar surface area (TPSA) is 50.4 Å². The molecule has 3 heteroatoms. The lowest BCUT2D eigenvalue weighted by Gasteiger charge is -1.79. The van der Waals surface area contributed by atoms with Gasteiger partial charge >= 0.3 is 0 Å². The molecule has 0 atom stereocenters. The van der Waals surface area contributed by atoms with Gasteiger partial charge in [0.2, 0.25) is 0 Å². The predicted octanol–water partition coefficient (Wildman–Crippen LogP) is 0.554. The summed E-state index contributed by atoms with van der Waals surface area (Å²) in [5, 5.41) is 8.40. The number of allylic oxidation sites excluding steroid dienone is 1. The molecule has 0 radical (unpaired) electrons. The minimum absolute atomic E-state index is 0.190. The maximum Gasteiger partial charge on any atom is 0.176 e. The molecule has 1 rings (SSSR count). The normalized spacial score (nSPS) is 8.38. The fourth-order valence-corrected chi connectivity index (χ4v) is 0.834. The largest absolute Gasteiger partial charge is 0.456 e. The maximum atomic E-state index is 9.88. The number of aliphatic hydroxyl groups is 1. The van der Waals surface area contributed by atoms with E-state index in [9.17, 15) is 4.79 Å². The van der Waals surface area contributed by atoms with Crippen LogP contribution in [0, 0.1) is 11.8 Å². The van der Waals surface area contributed by atoms with Crippen LogP contribution in [-0.2, 0) is 11.2 Å². The third kappa shape index (κ3) is 3.00. The number of carbonyl (C=O) groups excluding carboxylic acids is 1. The van der Waals surface area contributed by atoms with E-state index in [1.165, 1.54) is 12.3 Å². The van der Waals surface area contributed by atoms with Gasteiger partial charge in [-0.1, -0.05) is 5.92 Å². The summed E-state index contributed by atoms with van der Waals surface area (Å²) >= 11 is 0. The second-order valence-corrected chi connectivity index (χ2v) is 2.31. The summed E-state index contributed by atoms with van der Waals surface area (Å²) in [7, 11) is 0. The zero-order chi connectivity index (χ0) is 9.52. The molecule has 0 aliphatic rings. The molecule has 0 unspecified atom stereocenters. The Morgan fingerprint density at radius 2 is 2.46 bits per heavy atom. The second-order valence-electron chi connectivity index (χ2n) is 2.31. The highest BCUT2D eigenvalue weighted by Gasteiger charge is 1.96. The van der Waals surface area contributed by atoms with E-state index in [4.69, 9.17) is 9.52 Å². The van der Waals surface area contributed by atoms with Gasteiger partial charge < -0.3 is 9.52 Å². The van der Waals surface area contributed by atoms with Crippen LogP contribution in [0.4, 0.5) is 0 Å². The molecule has 0 spiro atoms. The highest BCUT2D eigenvalue weighted by molar-refractivity contribution is 5.46. The molecule has 0 aromatic carbocycles. The molecule has 0 saturated carbocycles. The third-order valence-corrected chi connectivity index (χ3v) is 1.37. The van der Waals surface area contributed by atoms with Crippen molar-refractivity contribution in [3.63, 3.8) is 0 Å². The molecule has 0 saturated heterocycles. The molecule has 66 valence electrons. The number of aliphatic hydroxyl groups excluding tert-OH is 1. The van der Waals surface area contributed by atoms with Gasteiger partial charge in [-0.2, -0.15) is 0 Å². The van der Waals surface area contributed by atoms with Crippen LogP contribution in [0.5, 0.6) is 0 Å². The minimum atomic E-state index is -0.190. The van der Waals surface area contributed by atoms with Crippen molar-refractivity contribution in [2.75, 3.05) is 6.61 Å². The predicted molar refractivity (Wildman–Crippen MR) is 46.6 cm³/mol. The zero-order valence-electron chi connectivity index (χ0n) is 6.91. The number of hydrogen-bond donors (Lipinski definition) is 1. The first-order chi connectivity index (χ1) is 6.36. The van der Waals surface area contributed by atoms with Crippen LogP contribution in [0.2, 0.25) is 0 Å². The van der Waals surface area contributed by atoms with Crippen LogP contribution < -0.4 is 0 Å². The van der Waals surface area contributed by atoms with Crippen LogP contribution in [0.25, 0.3) is 0 Å². The Morgan fingerprint density at radius 3 is 3.15 bits per heavy atom. The second kappa shape index (κ2) is 5.00. The van der Waals surface area contributed by atoms with Gasteiger partial charge in [-0.25, -0.2) is 4.79 Å². The SMILES string of the molecule is O=C=CCc1coc(C#CCO)c1. The Labute approximate surface area is 75.7 Å². The van der Waals surface area contributed by atoms with Gasteiger partial charge in [0.05, 0.1) is 6.26 Å². The zero-order valence-corrected chi connectivity index (χ0v) is 6.91. The van der Waals surface area contributed by atoms with Crippen LogP contribution in [0.1, 0.15) is 11.3 Å². The van der Waals surface area contributed by atoms with Crippen molar-refractivity contribution in [1.82, 2.24) is 0 Å². The lowest BCUT2D eigenvalue weighted by atomic mass is 10.2. The average Bonchev–Trinajstić information content (AvgIpc) is 2.59. The molecule has 1 aromatic rings. The Morgan fingerprint density at radius 1 is 1.62 bits per heavy atom. The van der Waals surface area contributed by atoms with Crippen molar-refractivity contribution in [1.29, 1.82) is 0 Å². The van der Waals surface area contributed by atoms with E-state index in [2.05, 4.69) is 11.8 Å². The Bertz CT molecular complexity index is 372. The lowest BCUT2D eigenvalue weighted by Crippen LogP contribution is -1.74. The molecule has 13 heavy (non-hydrogen) atoms. The lowest BCUT2D eigenvalue weighted by molar-refractivity contribution is 0.350. The Balaban J connectivity index is 2.68. The molecule has 0 amide bonds. The fraction of sp³-hybridized carbons (Fsp3) is 0.200. The summed E-state index contributed by atoms with van der Waals surface area (Å²) < 4.78 is 5.03. The molecule has 1 aromatic heterocycles. The van der Waals surface area contributed by atoms with Crippen molar-refractivity contribution in [3.8, 4) is 11.8 Å². The summed E-state index contributed by atoms with van der Waals surface area (Å²) in [5.41, 5.74) is 0.866. The van der Waals surface area contributed by atoms with Crippen LogP contribution in [0.3, 0.4) is 0 Å². The van der Waals surface area contributed by atoms with Gasteiger partial charge in [-0.3, -0.25) is 0 Å². The van der Waals surface area contributed by atoms with Crippen LogP contribution in [-0.4, -0.2) is 17.7 Å². The average molecular weight is 176 g/mol. The quantitative estimate of drug-likeness (QED) is 0.529. The van der Waals surface area contributed by atoms with Crippen molar-refractivity contribution in [3.05, 3.63) is 29.7 Å². The first-order valence-corrected chi connectivity index (χ1v) is 3.73. The summed E-state index contributed by atoms with van der Waals surface area (Å²) in [4.78, 5) is 9.88. The smallest absolute Gasteiger partial charge is 0.176 e. The maximum absolute atomic E-state index is 9.88. The van der Waals surface area contributed by atoms with Gasteiger partial charge in [0.25, 0.3) is 0 Å². The molecule has 3 nitrogen and oxygen atoms in total. The van der Waals surface area contributed by atoms with Gasteiger partial charge in [-0.15, -0.1) is 0 Å². The highest BCUT2D eigenvalue weighted by Crippen LogP contribution is 2.06. The monoisotopic (exact) mass is 176 g/mol. The van der Waals surface area contributed by atoms with Crippen LogP contribution >= 0.6 is 0 Å². The third-order valence-electron chi connectivity index (χ3n) is 1.37. The Kier molecular flexibility index (Phi) is 3.59. The standard InChI is InChI=1S/C10H8O3/c11-5-1-3-9-7-10(13-8-9)4-2-6-12/h1,7-8,12H,3,6H2. The Hall–Kier alpha value is -1.75. The molecule has 0 aliphatic heterocycles. The van der Waals surface area contributed by atoms with E-state index in [0.29, 0.717) is 12.2 Å². The van der Waals surface area contributed by atoms with E-state index in [1.54, 1.807) is 12.0 Å². The van der Waals surface area contributed by atoms with Crippen molar-refractivity contribution in [2.45, 2.75) is 6.42 Å². The molecule has 1 N–H and O–H groups in total. The van der Waals surface area contributed by atoms with Gasteiger partial charge in [-0.05, 0) is 17.6 Å². The molecular weight excluding hydrogens is 168 g/mol. The number of rotatable bonds is 2. The summed E-state index contributed by atoms with van der Waals surface area (Å²) in [6.45, 7) is -0.190. The first kappa shape index (κ1) is 9.34. The summed E-state index contributed by atoms with van der Waals surface area (Å²) in [5.74, 6) is 7.24. The number of furan rings is 1. The van der Waals surface area contributed by atoms with E-state index in [-0.39, 0.29) is 6.61 Å². The van der Waals surface area contributed by atoms with E-state index < -0.39 is 0 Å². The molecule has 0 bridgehead atoms. The van der Waals surface area contributed by atoms with Crippen molar-refractivity contribution >= 4 is 5.94 Å². The minimum Gasteiger partial charge on any atom is -0.456 e. The molecular formula is C10H8O3. The first-order valence-electron chi connectivity index (χ1n) is 3.73. The molecule has 0 fully saturated rings. The number of hydrogen-bond acceptors (Lipinski definition) is 3. The van der Waals surface area contributed by atoms with Gasteiger partial charge in [0.1, 0.15) is 12.5 Å². The molecule has 1 heterocycles. The van der Waals surface area contributed by atoms with E-state index >= 15 is 0 Å². The fourth-order valence-electron chi connectivity index (χ4n) is 0.834. The van der Waals surface area contributed by atoms with E-state index in [0.717, 1.165) is 5.56 Å².